The predicted molar refractivity (Wildman–Crippen MR) is 288 cm³/mol. The van der Waals surface area contributed by atoms with Gasteiger partial charge in [0.15, 0.2) is 0 Å². The van der Waals surface area contributed by atoms with E-state index in [4.69, 9.17) is 0 Å². The van der Waals surface area contributed by atoms with Crippen molar-refractivity contribution in [1.82, 2.24) is 9.13 Å². The topological polar surface area (TPSA) is 9.86 Å². The lowest BCUT2D eigenvalue weighted by Crippen LogP contribution is -2.17. The molecule has 0 saturated carbocycles. The summed E-state index contributed by atoms with van der Waals surface area (Å²) in [5, 5.41) is 5.34. The molecule has 10 rings (SSSR count). The number of aromatic nitrogens is 2. The van der Waals surface area contributed by atoms with Crippen molar-refractivity contribution in [2.45, 2.75) is 117 Å². The maximum absolute atomic E-state index is 14.3. The lowest BCUT2D eigenvalue weighted by atomic mass is 9.80. The largest absolute Gasteiger partial charge is 0.416 e. The number of halogens is 6. The summed E-state index contributed by atoms with van der Waals surface area (Å²) in [4.78, 5) is 0. The molecule has 0 saturated heterocycles. The zero-order valence-corrected chi connectivity index (χ0v) is 43.0. The molecule has 0 aliphatic carbocycles. The normalized spacial score (nSPS) is 13.4. The average molecular weight is 971 g/mol. The van der Waals surface area contributed by atoms with Crippen LogP contribution in [0.3, 0.4) is 0 Å². The fourth-order valence-electron chi connectivity index (χ4n) is 10.4. The van der Waals surface area contributed by atoms with Gasteiger partial charge >= 0.3 is 12.4 Å². The first-order valence-electron chi connectivity index (χ1n) is 24.6. The van der Waals surface area contributed by atoms with Gasteiger partial charge in [0.2, 0.25) is 0 Å². The van der Waals surface area contributed by atoms with Crippen LogP contribution >= 0.6 is 0 Å². The van der Waals surface area contributed by atoms with Gasteiger partial charge in [-0.15, -0.1) is 0 Å². The standard InChI is InChI=1S/C64H60F6N2/c1-59(2,3)43-31-44(60(4,5)6)34-47(33-43)71-55-49-19-15-13-17-39(49)29-51(37-21-25-41(26-22-37)63(65,66)67)53(55)58-57(71)54-52(38-23-27-42(28-24-38)64(68,69)70)30-40-18-14-16-20-50(40)56(54)72(58)48-35-45(61(7,8)9)32-46(36-48)62(10,11)12/h13-36H,1-12H3. The molecule has 2 aromatic heterocycles. The second kappa shape index (κ2) is 16.4. The molecule has 0 fully saturated rings. The van der Waals surface area contributed by atoms with E-state index < -0.39 is 23.5 Å². The molecule has 0 aliphatic heterocycles. The van der Waals surface area contributed by atoms with Gasteiger partial charge in [-0.05, 0) is 138 Å². The third-order valence-corrected chi connectivity index (χ3v) is 14.5. The van der Waals surface area contributed by atoms with E-state index in [0.717, 1.165) is 123 Å². The molecule has 72 heavy (non-hydrogen) atoms. The Labute approximate surface area is 417 Å². The number of hydrogen-bond acceptors (Lipinski definition) is 0. The summed E-state index contributed by atoms with van der Waals surface area (Å²) in [6.45, 7) is 26.4. The van der Waals surface area contributed by atoms with Crippen molar-refractivity contribution in [3.63, 3.8) is 0 Å². The van der Waals surface area contributed by atoms with E-state index >= 15 is 0 Å². The number of fused-ring (bicyclic) bond motifs is 9. The van der Waals surface area contributed by atoms with Crippen LogP contribution in [0.2, 0.25) is 0 Å². The van der Waals surface area contributed by atoms with Crippen LogP contribution in [0.15, 0.2) is 146 Å². The Morgan fingerprint density at radius 1 is 0.306 bits per heavy atom. The number of rotatable bonds is 4. The van der Waals surface area contributed by atoms with Crippen molar-refractivity contribution in [3.05, 3.63) is 179 Å². The van der Waals surface area contributed by atoms with Crippen LogP contribution in [0.5, 0.6) is 0 Å². The molecule has 2 heterocycles. The van der Waals surface area contributed by atoms with Gasteiger partial charge in [0.05, 0.1) is 33.2 Å². The minimum Gasteiger partial charge on any atom is -0.306 e. The second-order valence-corrected chi connectivity index (χ2v) is 23.8. The molecule has 8 heteroatoms. The maximum atomic E-state index is 14.3. The fraction of sp³-hybridized carbons (Fsp3) is 0.281. The summed E-state index contributed by atoms with van der Waals surface area (Å²) in [7, 11) is 0. The van der Waals surface area contributed by atoms with Gasteiger partial charge in [-0.1, -0.05) is 168 Å². The summed E-state index contributed by atoms with van der Waals surface area (Å²) in [5.74, 6) is 0. The van der Waals surface area contributed by atoms with E-state index in [2.05, 4.69) is 153 Å². The second-order valence-electron chi connectivity index (χ2n) is 23.8. The quantitative estimate of drug-likeness (QED) is 0.156. The van der Waals surface area contributed by atoms with E-state index in [1.165, 1.54) is 0 Å². The number of benzene rings is 8. The van der Waals surface area contributed by atoms with E-state index in [0.29, 0.717) is 11.1 Å². The highest BCUT2D eigenvalue weighted by Gasteiger charge is 2.34. The zero-order valence-electron chi connectivity index (χ0n) is 43.0. The Morgan fingerprint density at radius 2 is 0.597 bits per heavy atom. The van der Waals surface area contributed by atoms with Crippen LogP contribution in [0, 0.1) is 0 Å². The smallest absolute Gasteiger partial charge is 0.306 e. The number of hydrogen-bond donors (Lipinski definition) is 0. The van der Waals surface area contributed by atoms with Crippen LogP contribution in [-0.4, -0.2) is 9.13 Å². The maximum Gasteiger partial charge on any atom is 0.416 e. The summed E-state index contributed by atoms with van der Waals surface area (Å²) in [6.07, 6.45) is -9.08. The highest BCUT2D eigenvalue weighted by molar-refractivity contribution is 6.33. The van der Waals surface area contributed by atoms with Crippen molar-refractivity contribution < 1.29 is 26.3 Å². The van der Waals surface area contributed by atoms with Gasteiger partial charge in [0.25, 0.3) is 0 Å². The molecule has 0 radical (unpaired) electrons. The monoisotopic (exact) mass is 970 g/mol. The first-order valence-corrected chi connectivity index (χ1v) is 24.6. The third kappa shape index (κ3) is 8.34. The molecule has 0 spiro atoms. The minimum absolute atomic E-state index is 0.280. The predicted octanol–water partition coefficient (Wildman–Crippen LogP) is 19.6. The van der Waals surface area contributed by atoms with Crippen LogP contribution in [-0.2, 0) is 34.0 Å². The van der Waals surface area contributed by atoms with E-state index in [9.17, 15) is 26.3 Å². The molecule has 368 valence electrons. The molecule has 0 N–H and O–H groups in total. The van der Waals surface area contributed by atoms with Crippen molar-refractivity contribution in [2.24, 2.45) is 0 Å². The zero-order chi connectivity index (χ0) is 51.8. The molecule has 0 aliphatic rings. The molecule has 0 unspecified atom stereocenters. The van der Waals surface area contributed by atoms with Gasteiger partial charge in [-0.3, -0.25) is 0 Å². The van der Waals surface area contributed by atoms with Crippen LogP contribution in [0.25, 0.3) is 88.0 Å². The van der Waals surface area contributed by atoms with E-state index in [1.54, 1.807) is 24.3 Å². The highest BCUT2D eigenvalue weighted by atomic mass is 19.4. The third-order valence-electron chi connectivity index (χ3n) is 14.5. The van der Waals surface area contributed by atoms with Gasteiger partial charge < -0.3 is 9.13 Å². The molecule has 10 aromatic rings. The summed E-state index contributed by atoms with van der Waals surface area (Å²) in [5.41, 5.74) is 9.77. The van der Waals surface area contributed by atoms with Crippen LogP contribution in [0.4, 0.5) is 26.3 Å². The summed E-state index contributed by atoms with van der Waals surface area (Å²) < 4.78 is 90.7. The Bertz CT molecular complexity index is 3460. The molecular formula is C64H60F6N2. The molecule has 0 amide bonds. The Balaban J connectivity index is 1.57. The molecule has 8 aromatic carbocycles. The lowest BCUT2D eigenvalue weighted by Gasteiger charge is -2.27. The van der Waals surface area contributed by atoms with E-state index in [-0.39, 0.29) is 21.7 Å². The van der Waals surface area contributed by atoms with Crippen LogP contribution < -0.4 is 0 Å². The lowest BCUT2D eigenvalue weighted by molar-refractivity contribution is -0.138. The highest BCUT2D eigenvalue weighted by Crippen LogP contribution is 2.52. The van der Waals surface area contributed by atoms with E-state index in [1.807, 2.05) is 36.4 Å². The van der Waals surface area contributed by atoms with Crippen molar-refractivity contribution >= 4 is 54.4 Å². The van der Waals surface area contributed by atoms with Gasteiger partial charge in [0, 0.05) is 32.9 Å². The fourth-order valence-corrected chi connectivity index (χ4v) is 10.4. The number of alkyl halides is 6. The molecular weight excluding hydrogens is 911 g/mol. The Kier molecular flexibility index (Phi) is 11.1. The van der Waals surface area contributed by atoms with Gasteiger partial charge in [-0.2, -0.15) is 26.3 Å². The van der Waals surface area contributed by atoms with Crippen molar-refractivity contribution in [3.8, 4) is 33.6 Å². The van der Waals surface area contributed by atoms with Crippen LogP contribution in [0.1, 0.15) is 116 Å². The van der Waals surface area contributed by atoms with Crippen molar-refractivity contribution in [2.75, 3.05) is 0 Å². The molecule has 0 atom stereocenters. The Morgan fingerprint density at radius 3 is 0.875 bits per heavy atom. The van der Waals surface area contributed by atoms with Gasteiger partial charge in [0.1, 0.15) is 0 Å². The first kappa shape index (κ1) is 48.8. The van der Waals surface area contributed by atoms with Crippen molar-refractivity contribution in [1.29, 1.82) is 0 Å². The van der Waals surface area contributed by atoms with Gasteiger partial charge in [-0.25, -0.2) is 0 Å². The molecule has 2 nitrogen and oxygen atoms in total. The summed E-state index contributed by atoms with van der Waals surface area (Å²) in [6, 6.07) is 45.0. The Hall–Kier alpha value is -6.80. The number of nitrogens with zero attached hydrogens (tertiary/aromatic N) is 2. The first-order chi connectivity index (χ1) is 33.5. The minimum atomic E-state index is -4.54. The average Bonchev–Trinajstić information content (AvgIpc) is 3.83. The molecule has 0 bridgehead atoms. The summed E-state index contributed by atoms with van der Waals surface area (Å²) >= 11 is 0. The SMILES string of the molecule is CC(C)(C)c1cc(-n2c3c4ccccc4cc(-c4ccc(C(F)(F)F)cc4)c3c3c2c2c(-c4ccc(C(F)(F)F)cc4)cc4ccccc4c2n3-c2cc(C(C)(C)C)cc(C(C)(C)C)c2)cc(C(C)(C)C)c1.